The minimum Gasteiger partial charge on any atom is -0.479 e. The van der Waals surface area contributed by atoms with E-state index in [0.29, 0.717) is 34.8 Å². The van der Waals surface area contributed by atoms with Gasteiger partial charge in [0, 0.05) is 22.5 Å². The van der Waals surface area contributed by atoms with Gasteiger partial charge >= 0.3 is 20.4 Å². The van der Waals surface area contributed by atoms with Gasteiger partial charge in [0.2, 0.25) is 0 Å². The van der Waals surface area contributed by atoms with Crippen LogP contribution >= 0.6 is 0 Å². The third-order valence-electron chi connectivity index (χ3n) is 7.68. The number of nitrogens with zero attached hydrogens (tertiary/aromatic N) is 2. The second-order valence-electron chi connectivity index (χ2n) is 12.0. The zero-order valence-electron chi connectivity index (χ0n) is 27.0. The van der Waals surface area contributed by atoms with Crippen molar-refractivity contribution in [1.82, 2.24) is 0 Å². The summed E-state index contributed by atoms with van der Waals surface area (Å²) in [5.41, 5.74) is 9.30. The average Bonchev–Trinajstić information content (AvgIpc) is 3.44. The van der Waals surface area contributed by atoms with Gasteiger partial charge in [-0.05, 0) is 70.5 Å². The van der Waals surface area contributed by atoms with Crippen molar-refractivity contribution in [2.75, 3.05) is 9.80 Å². The second kappa shape index (κ2) is 15.5. The molecule has 1 heterocycles. The molecule has 5 rings (SSSR count). The first kappa shape index (κ1) is 35.9. The number of ketones is 2. The van der Waals surface area contributed by atoms with E-state index in [2.05, 4.69) is 121 Å². The van der Waals surface area contributed by atoms with Crippen molar-refractivity contribution < 1.29 is 30.0 Å². The number of anilines is 2. The van der Waals surface area contributed by atoms with E-state index in [9.17, 15) is 9.59 Å². The SMILES string of the molecule is CC(C)c1cccc(C(C)C)c1N1C=CN(c2c(C(C)C)cccc2C(C)C)[CH-]1.O=C1C=CC(=O)c2ccccc21.[CH3-].[Pd+2]. The summed E-state index contributed by atoms with van der Waals surface area (Å²) in [6.07, 6.45) is 7.05. The summed E-state index contributed by atoms with van der Waals surface area (Å²) in [5, 5.41) is 0. The van der Waals surface area contributed by atoms with Crippen LogP contribution in [0.4, 0.5) is 11.4 Å². The molecular weight excluding hydrogens is 623 g/mol. The molecule has 230 valence electrons. The zero-order chi connectivity index (χ0) is 29.8. The largest absolute Gasteiger partial charge is 2.00 e. The molecule has 0 spiro atoms. The normalized spacial score (nSPS) is 13.8. The van der Waals surface area contributed by atoms with Crippen LogP contribution in [0.5, 0.6) is 0 Å². The van der Waals surface area contributed by atoms with Crippen molar-refractivity contribution >= 4 is 22.9 Å². The number of carbonyl (C=O) groups is 2. The van der Waals surface area contributed by atoms with Crippen LogP contribution in [0.1, 0.15) is 122 Å². The summed E-state index contributed by atoms with van der Waals surface area (Å²) < 4.78 is 0. The third kappa shape index (κ3) is 7.83. The molecule has 3 aromatic carbocycles. The van der Waals surface area contributed by atoms with Gasteiger partial charge < -0.3 is 17.2 Å². The van der Waals surface area contributed by atoms with Crippen molar-refractivity contribution in [2.24, 2.45) is 0 Å². The fourth-order valence-electron chi connectivity index (χ4n) is 5.48. The van der Waals surface area contributed by atoms with E-state index in [-0.39, 0.29) is 39.4 Å². The number of benzene rings is 3. The number of fused-ring (bicyclic) bond motifs is 1. The van der Waals surface area contributed by atoms with Crippen LogP contribution in [-0.4, -0.2) is 11.6 Å². The topological polar surface area (TPSA) is 40.6 Å². The summed E-state index contributed by atoms with van der Waals surface area (Å²) in [4.78, 5) is 27.0. The molecule has 0 aromatic heterocycles. The zero-order valence-corrected chi connectivity index (χ0v) is 28.6. The van der Waals surface area contributed by atoms with Crippen molar-refractivity contribution in [1.29, 1.82) is 0 Å². The van der Waals surface area contributed by atoms with Crippen molar-refractivity contribution in [3.63, 3.8) is 0 Å². The molecule has 1 aliphatic heterocycles. The first-order valence-corrected chi connectivity index (χ1v) is 14.7. The van der Waals surface area contributed by atoms with Crippen LogP contribution < -0.4 is 9.80 Å². The Balaban J connectivity index is 0.000000386. The van der Waals surface area contributed by atoms with Gasteiger partial charge in [-0.25, -0.2) is 0 Å². The molecule has 0 saturated carbocycles. The summed E-state index contributed by atoms with van der Waals surface area (Å²) in [6, 6.07) is 20.4. The van der Waals surface area contributed by atoms with E-state index in [1.807, 2.05) is 0 Å². The van der Waals surface area contributed by atoms with Gasteiger partial charge in [-0.1, -0.05) is 116 Å². The molecule has 0 fully saturated rings. The van der Waals surface area contributed by atoms with Gasteiger partial charge in [0.15, 0.2) is 11.6 Å². The molecule has 43 heavy (non-hydrogen) atoms. The monoisotopic (exact) mass is 668 g/mol. The maximum atomic E-state index is 11.2. The van der Waals surface area contributed by atoms with Crippen LogP contribution in [-0.2, 0) is 20.4 Å². The number of hydrogen-bond donors (Lipinski definition) is 0. The Kier molecular flexibility index (Phi) is 12.9. The van der Waals surface area contributed by atoms with Crippen molar-refractivity contribution in [3.05, 3.63) is 133 Å². The molecule has 1 aliphatic carbocycles. The quantitative estimate of drug-likeness (QED) is 0.194. The van der Waals surface area contributed by atoms with Gasteiger partial charge in [0.05, 0.1) is 0 Å². The molecule has 0 unspecified atom stereocenters. The Morgan fingerprint density at radius 1 is 0.512 bits per heavy atom. The predicted octanol–water partition coefficient (Wildman–Crippen LogP) is 10.2. The molecule has 5 heteroatoms. The summed E-state index contributed by atoms with van der Waals surface area (Å²) in [6.45, 7) is 20.5. The van der Waals surface area contributed by atoms with Crippen LogP contribution in [0, 0.1) is 14.1 Å². The predicted molar refractivity (Wildman–Crippen MR) is 178 cm³/mol. The number of hydrogen-bond acceptors (Lipinski definition) is 4. The molecular formula is C38H46N2O2Pd. The van der Waals surface area contributed by atoms with Crippen molar-refractivity contribution in [3.8, 4) is 0 Å². The molecule has 4 nitrogen and oxygen atoms in total. The minimum atomic E-state index is -0.0924. The number of para-hydroxylation sites is 2. The van der Waals surface area contributed by atoms with E-state index in [1.54, 1.807) is 24.3 Å². The van der Waals surface area contributed by atoms with E-state index in [1.165, 1.54) is 45.8 Å². The fourth-order valence-corrected chi connectivity index (χ4v) is 5.48. The molecule has 0 atom stereocenters. The molecule has 0 amide bonds. The maximum absolute atomic E-state index is 11.2. The second-order valence-corrected chi connectivity index (χ2v) is 12.0. The Labute approximate surface area is 273 Å². The van der Waals surface area contributed by atoms with Gasteiger partial charge in [-0.3, -0.25) is 9.59 Å². The first-order chi connectivity index (χ1) is 19.5. The van der Waals surface area contributed by atoms with Crippen LogP contribution in [0.2, 0.25) is 0 Å². The Morgan fingerprint density at radius 3 is 1.09 bits per heavy atom. The van der Waals surface area contributed by atoms with E-state index >= 15 is 0 Å². The molecule has 0 N–H and O–H groups in total. The molecule has 0 bridgehead atoms. The van der Waals surface area contributed by atoms with Gasteiger partial charge in [0.25, 0.3) is 0 Å². The first-order valence-electron chi connectivity index (χ1n) is 14.7. The summed E-state index contributed by atoms with van der Waals surface area (Å²) >= 11 is 0. The van der Waals surface area contributed by atoms with Crippen molar-refractivity contribution in [2.45, 2.75) is 79.1 Å². The van der Waals surface area contributed by atoms with Crippen LogP contribution in [0.3, 0.4) is 0 Å². The molecule has 3 aromatic rings. The van der Waals surface area contributed by atoms with Gasteiger partial charge in [-0.15, -0.1) is 6.67 Å². The van der Waals surface area contributed by atoms with E-state index in [4.69, 9.17) is 0 Å². The fraction of sp³-hybridized carbons (Fsp3) is 0.316. The Hall–Kier alpha value is -3.26. The van der Waals surface area contributed by atoms with Gasteiger partial charge in [-0.2, -0.15) is 0 Å². The molecule has 2 aliphatic rings. The Bertz CT molecular complexity index is 1320. The minimum absolute atomic E-state index is 0. The van der Waals surface area contributed by atoms with E-state index < -0.39 is 0 Å². The number of rotatable bonds is 6. The third-order valence-corrected chi connectivity index (χ3v) is 7.68. The number of carbonyl (C=O) groups excluding carboxylic acids is 2. The summed E-state index contributed by atoms with van der Waals surface area (Å²) in [7, 11) is 0. The Morgan fingerprint density at radius 2 is 0.814 bits per heavy atom. The number of allylic oxidation sites excluding steroid dienone is 2. The van der Waals surface area contributed by atoms with Crippen LogP contribution in [0.15, 0.2) is 85.2 Å². The van der Waals surface area contributed by atoms with Gasteiger partial charge in [0.1, 0.15) is 0 Å². The summed E-state index contributed by atoms with van der Waals surface area (Å²) in [5.74, 6) is 1.74. The smallest absolute Gasteiger partial charge is 0.479 e. The maximum Gasteiger partial charge on any atom is 2.00 e. The standard InChI is InChI=1S/C27H37N2.C10H6O2.CH3.Pd/c1-18(2)22-11-9-12-23(19(3)4)26(22)28-15-16-29(17-28)27-24(20(5)6)13-10-14-25(27)21(7)8;11-9-5-6-10(12)8-4-2-1-3-7(8)9;;/h9-21H,1-8H3;1-6H;1H3;/q-1;;-1;+2. The molecule has 0 saturated heterocycles. The average molecular weight is 669 g/mol. The molecule has 0 radical (unpaired) electrons. The van der Waals surface area contributed by atoms with E-state index in [0.717, 1.165) is 0 Å². The van der Waals surface area contributed by atoms with Crippen LogP contribution in [0.25, 0.3) is 0 Å².